The molecule has 3 heteroatoms. The first kappa shape index (κ1) is 11.1. The zero-order valence-corrected chi connectivity index (χ0v) is 9.45. The van der Waals surface area contributed by atoms with Crippen LogP contribution in [0.3, 0.4) is 0 Å². The first-order valence-corrected chi connectivity index (χ1v) is 5.68. The van der Waals surface area contributed by atoms with E-state index < -0.39 is 6.17 Å². The quantitative estimate of drug-likeness (QED) is 0.764. The number of carbonyl (C=O) groups is 1. The van der Waals surface area contributed by atoms with Crippen LogP contribution in [-0.4, -0.2) is 30.1 Å². The summed E-state index contributed by atoms with van der Waals surface area (Å²) in [6, 6.07) is 8.03. The van der Waals surface area contributed by atoms with Crippen molar-refractivity contribution in [2.24, 2.45) is 0 Å². The van der Waals surface area contributed by atoms with Crippen molar-refractivity contribution >= 4 is 5.91 Å². The van der Waals surface area contributed by atoms with Gasteiger partial charge in [-0.2, -0.15) is 0 Å². The SMILES string of the molecule is CCc1ccc(CC(=O)N2CC(F)C2)cc1. The highest BCUT2D eigenvalue weighted by Gasteiger charge is 2.29. The summed E-state index contributed by atoms with van der Waals surface area (Å²) in [5, 5.41) is 0. The minimum Gasteiger partial charge on any atom is -0.336 e. The zero-order valence-electron chi connectivity index (χ0n) is 9.45. The van der Waals surface area contributed by atoms with Gasteiger partial charge in [0.15, 0.2) is 0 Å². The van der Waals surface area contributed by atoms with Gasteiger partial charge in [-0.3, -0.25) is 4.79 Å². The van der Waals surface area contributed by atoms with Gasteiger partial charge in [0.1, 0.15) is 6.17 Å². The number of halogens is 1. The van der Waals surface area contributed by atoms with Crippen LogP contribution in [0.15, 0.2) is 24.3 Å². The molecule has 16 heavy (non-hydrogen) atoms. The maximum atomic E-state index is 12.6. The van der Waals surface area contributed by atoms with E-state index in [-0.39, 0.29) is 19.0 Å². The number of nitrogens with zero attached hydrogens (tertiary/aromatic N) is 1. The number of carbonyl (C=O) groups excluding carboxylic acids is 1. The van der Waals surface area contributed by atoms with Crippen LogP contribution in [0, 0.1) is 0 Å². The van der Waals surface area contributed by atoms with Gasteiger partial charge < -0.3 is 4.90 Å². The molecule has 1 heterocycles. The first-order valence-electron chi connectivity index (χ1n) is 5.68. The molecular formula is C13H16FNO. The summed E-state index contributed by atoms with van der Waals surface area (Å²) >= 11 is 0. The van der Waals surface area contributed by atoms with Crippen molar-refractivity contribution in [3.05, 3.63) is 35.4 Å². The Labute approximate surface area is 95.1 Å². The number of hydrogen-bond acceptors (Lipinski definition) is 1. The first-order chi connectivity index (χ1) is 7.69. The van der Waals surface area contributed by atoms with Crippen molar-refractivity contribution in [1.29, 1.82) is 0 Å². The van der Waals surface area contributed by atoms with Gasteiger partial charge in [0.25, 0.3) is 0 Å². The summed E-state index contributed by atoms with van der Waals surface area (Å²) in [4.78, 5) is 13.2. The van der Waals surface area contributed by atoms with Crippen LogP contribution in [0.2, 0.25) is 0 Å². The molecule has 1 fully saturated rings. The van der Waals surface area contributed by atoms with Crippen LogP contribution >= 0.6 is 0 Å². The number of likely N-dealkylation sites (tertiary alicyclic amines) is 1. The fourth-order valence-corrected chi connectivity index (χ4v) is 1.81. The van der Waals surface area contributed by atoms with Gasteiger partial charge in [0.2, 0.25) is 5.91 Å². The average molecular weight is 221 g/mol. The number of benzene rings is 1. The second-order valence-corrected chi connectivity index (χ2v) is 4.24. The molecule has 1 saturated heterocycles. The van der Waals surface area contributed by atoms with Crippen LogP contribution in [-0.2, 0) is 17.6 Å². The molecule has 0 radical (unpaired) electrons. The minimum absolute atomic E-state index is 0.0261. The molecule has 0 saturated carbocycles. The highest BCUT2D eigenvalue weighted by atomic mass is 19.1. The van der Waals surface area contributed by atoms with Crippen molar-refractivity contribution in [3.63, 3.8) is 0 Å². The lowest BCUT2D eigenvalue weighted by molar-refractivity contribution is -0.137. The molecule has 0 N–H and O–H groups in total. The highest BCUT2D eigenvalue weighted by Crippen LogP contribution is 2.14. The predicted octanol–water partition coefficient (Wildman–Crippen LogP) is 1.97. The van der Waals surface area contributed by atoms with Crippen molar-refractivity contribution in [3.8, 4) is 0 Å². The Kier molecular flexibility index (Phi) is 3.22. The summed E-state index contributed by atoms with van der Waals surface area (Å²) in [5.74, 6) is 0.0261. The molecule has 2 rings (SSSR count). The monoisotopic (exact) mass is 221 g/mol. The van der Waals surface area contributed by atoms with E-state index in [1.54, 1.807) is 4.90 Å². The zero-order chi connectivity index (χ0) is 11.5. The van der Waals surface area contributed by atoms with Crippen molar-refractivity contribution in [2.75, 3.05) is 13.1 Å². The van der Waals surface area contributed by atoms with Crippen molar-refractivity contribution in [1.82, 2.24) is 4.90 Å². The van der Waals surface area contributed by atoms with Crippen LogP contribution in [0.5, 0.6) is 0 Å². The largest absolute Gasteiger partial charge is 0.336 e. The molecule has 0 spiro atoms. The topological polar surface area (TPSA) is 20.3 Å². The van der Waals surface area contributed by atoms with E-state index in [1.807, 2.05) is 24.3 Å². The van der Waals surface area contributed by atoms with E-state index in [2.05, 4.69) is 6.92 Å². The smallest absolute Gasteiger partial charge is 0.227 e. The number of hydrogen-bond donors (Lipinski definition) is 0. The molecule has 0 atom stereocenters. The Balaban J connectivity index is 1.90. The molecule has 86 valence electrons. The van der Waals surface area contributed by atoms with E-state index in [0.29, 0.717) is 6.42 Å². The highest BCUT2D eigenvalue weighted by molar-refractivity contribution is 5.79. The molecule has 1 aromatic carbocycles. The van der Waals surface area contributed by atoms with E-state index in [0.717, 1.165) is 12.0 Å². The molecule has 1 aliphatic heterocycles. The lowest BCUT2D eigenvalue weighted by atomic mass is 10.1. The fraction of sp³-hybridized carbons (Fsp3) is 0.462. The fourth-order valence-electron chi connectivity index (χ4n) is 1.81. The molecule has 0 bridgehead atoms. The molecular weight excluding hydrogens is 205 g/mol. The molecule has 0 aromatic heterocycles. The van der Waals surface area contributed by atoms with E-state index in [9.17, 15) is 9.18 Å². The Morgan fingerprint density at radius 2 is 1.88 bits per heavy atom. The van der Waals surface area contributed by atoms with Crippen LogP contribution in [0.1, 0.15) is 18.1 Å². The van der Waals surface area contributed by atoms with E-state index in [4.69, 9.17) is 0 Å². The predicted molar refractivity (Wildman–Crippen MR) is 61.0 cm³/mol. The second-order valence-electron chi connectivity index (χ2n) is 4.24. The lowest BCUT2D eigenvalue weighted by Crippen LogP contribution is -2.51. The molecule has 0 unspecified atom stereocenters. The third-order valence-electron chi connectivity index (χ3n) is 2.98. The van der Waals surface area contributed by atoms with Gasteiger partial charge in [-0.1, -0.05) is 31.2 Å². The average Bonchev–Trinajstić information content (AvgIpc) is 2.26. The van der Waals surface area contributed by atoms with Crippen LogP contribution in [0.4, 0.5) is 4.39 Å². The van der Waals surface area contributed by atoms with Crippen LogP contribution in [0.25, 0.3) is 0 Å². The Morgan fingerprint density at radius 3 is 2.38 bits per heavy atom. The minimum atomic E-state index is -0.814. The molecule has 2 nitrogen and oxygen atoms in total. The summed E-state index contributed by atoms with van der Waals surface area (Å²) < 4.78 is 12.6. The molecule has 1 aromatic rings. The Hall–Kier alpha value is -1.38. The van der Waals surface area contributed by atoms with Gasteiger partial charge >= 0.3 is 0 Å². The number of alkyl halides is 1. The summed E-state index contributed by atoms with van der Waals surface area (Å²) in [7, 11) is 0. The van der Waals surface area contributed by atoms with Gasteiger partial charge in [0.05, 0.1) is 19.5 Å². The third-order valence-corrected chi connectivity index (χ3v) is 2.98. The second kappa shape index (κ2) is 4.64. The maximum Gasteiger partial charge on any atom is 0.227 e. The van der Waals surface area contributed by atoms with Crippen LogP contribution < -0.4 is 0 Å². The summed E-state index contributed by atoms with van der Waals surface area (Å²) in [6.45, 7) is 2.64. The van der Waals surface area contributed by atoms with Gasteiger partial charge in [-0.05, 0) is 17.5 Å². The van der Waals surface area contributed by atoms with Gasteiger partial charge in [0, 0.05) is 0 Å². The Bertz CT molecular complexity index is 368. The van der Waals surface area contributed by atoms with E-state index >= 15 is 0 Å². The summed E-state index contributed by atoms with van der Waals surface area (Å²) in [5.41, 5.74) is 2.27. The standard InChI is InChI=1S/C13H16FNO/c1-2-10-3-5-11(6-4-10)7-13(16)15-8-12(14)9-15/h3-6,12H,2,7-9H2,1H3. The number of aryl methyl sites for hydroxylation is 1. The van der Waals surface area contributed by atoms with Gasteiger partial charge in [-0.15, -0.1) is 0 Å². The number of rotatable bonds is 3. The van der Waals surface area contributed by atoms with Crippen molar-refractivity contribution < 1.29 is 9.18 Å². The Morgan fingerprint density at radius 1 is 1.31 bits per heavy atom. The normalized spacial score (nSPS) is 16.0. The van der Waals surface area contributed by atoms with Crippen molar-refractivity contribution in [2.45, 2.75) is 25.9 Å². The third kappa shape index (κ3) is 2.40. The number of amides is 1. The molecule has 1 aliphatic rings. The van der Waals surface area contributed by atoms with Gasteiger partial charge in [-0.25, -0.2) is 4.39 Å². The maximum absolute atomic E-state index is 12.6. The van der Waals surface area contributed by atoms with E-state index in [1.165, 1.54) is 5.56 Å². The molecule has 1 amide bonds. The summed E-state index contributed by atoms with van der Waals surface area (Å²) in [6.07, 6.45) is 0.576. The lowest BCUT2D eigenvalue weighted by Gasteiger charge is -2.34. The molecule has 0 aliphatic carbocycles.